The summed E-state index contributed by atoms with van der Waals surface area (Å²) >= 11 is 0. The Morgan fingerprint density at radius 3 is 2.83 bits per heavy atom. The van der Waals surface area contributed by atoms with Gasteiger partial charge >= 0.3 is 0 Å². The molecule has 18 heavy (non-hydrogen) atoms. The Hall–Kier alpha value is -1.57. The van der Waals surface area contributed by atoms with Crippen LogP contribution in [0, 0.1) is 6.92 Å². The molecule has 1 saturated heterocycles. The number of aromatic nitrogens is 4. The van der Waals surface area contributed by atoms with Crippen molar-refractivity contribution in [3.05, 3.63) is 18.3 Å². The van der Waals surface area contributed by atoms with Crippen LogP contribution in [0.25, 0.3) is 11.2 Å². The van der Waals surface area contributed by atoms with E-state index in [1.165, 1.54) is 6.33 Å². The highest BCUT2D eigenvalue weighted by atomic mass is 16.6. The van der Waals surface area contributed by atoms with Crippen LogP contribution in [0.3, 0.4) is 0 Å². The normalized spacial score (nSPS) is 32.2. The van der Waals surface area contributed by atoms with E-state index in [2.05, 4.69) is 15.0 Å². The second kappa shape index (κ2) is 3.71. The molecule has 0 unspecified atom stereocenters. The van der Waals surface area contributed by atoms with Crippen molar-refractivity contribution in [2.75, 3.05) is 6.61 Å². The highest BCUT2D eigenvalue weighted by Crippen LogP contribution is 2.33. The van der Waals surface area contributed by atoms with Crippen LogP contribution >= 0.6 is 0 Å². The number of rotatable bonds is 1. The van der Waals surface area contributed by atoms with Crippen molar-refractivity contribution in [2.45, 2.75) is 31.8 Å². The number of hydrogen-bond acceptors (Lipinski definition) is 6. The van der Waals surface area contributed by atoms with Crippen LogP contribution in [0.15, 0.2) is 12.7 Å². The summed E-state index contributed by atoms with van der Waals surface area (Å²) in [5, 5.41) is 19.7. The SMILES string of the molecule is Cc1ncnc2c1ncn2[C@@]1(C)OC[C@H](O)[C@@H]1O. The molecular formula is C11H14N4O3. The van der Waals surface area contributed by atoms with Crippen LogP contribution in [0.2, 0.25) is 0 Å². The van der Waals surface area contributed by atoms with Gasteiger partial charge in [-0.05, 0) is 13.8 Å². The van der Waals surface area contributed by atoms with Crippen LogP contribution in [0.4, 0.5) is 0 Å². The summed E-state index contributed by atoms with van der Waals surface area (Å²) in [5.41, 5.74) is 0.944. The minimum absolute atomic E-state index is 0.0847. The molecule has 1 fully saturated rings. The molecular weight excluding hydrogens is 236 g/mol. The molecule has 3 rings (SSSR count). The zero-order valence-electron chi connectivity index (χ0n) is 10.1. The van der Waals surface area contributed by atoms with Gasteiger partial charge in [-0.15, -0.1) is 0 Å². The van der Waals surface area contributed by atoms with Crippen molar-refractivity contribution in [3.8, 4) is 0 Å². The van der Waals surface area contributed by atoms with Crippen molar-refractivity contribution in [1.82, 2.24) is 19.5 Å². The quantitative estimate of drug-likeness (QED) is 0.712. The number of aliphatic hydroxyl groups excluding tert-OH is 2. The van der Waals surface area contributed by atoms with Gasteiger partial charge in [-0.1, -0.05) is 0 Å². The second-order valence-electron chi connectivity index (χ2n) is 4.62. The molecule has 0 saturated carbocycles. The maximum Gasteiger partial charge on any atom is 0.173 e. The third-order valence-corrected chi connectivity index (χ3v) is 3.45. The van der Waals surface area contributed by atoms with Crippen molar-refractivity contribution in [2.24, 2.45) is 0 Å². The number of fused-ring (bicyclic) bond motifs is 1. The predicted octanol–water partition coefficient (Wildman–Crippen LogP) is -0.441. The first-order chi connectivity index (χ1) is 8.54. The molecule has 0 aliphatic carbocycles. The van der Waals surface area contributed by atoms with E-state index in [-0.39, 0.29) is 6.61 Å². The molecule has 0 amide bonds. The standard InChI is InChI=1S/C11H14N4O3/c1-6-8-10(13-4-12-6)15(5-14-8)11(2)9(17)7(16)3-18-11/h4-5,7,9,16-17H,3H2,1-2H3/t7-,9-,11-/m0/s1. The first-order valence-electron chi connectivity index (χ1n) is 5.69. The van der Waals surface area contributed by atoms with Gasteiger partial charge < -0.3 is 14.9 Å². The molecule has 0 spiro atoms. The number of nitrogens with zero attached hydrogens (tertiary/aromatic N) is 4. The number of hydrogen-bond donors (Lipinski definition) is 2. The Bertz CT molecular complexity index is 599. The summed E-state index contributed by atoms with van der Waals surface area (Å²) in [6, 6.07) is 0. The van der Waals surface area contributed by atoms with Gasteiger partial charge in [0.1, 0.15) is 24.1 Å². The average Bonchev–Trinajstić information content (AvgIpc) is 2.89. The van der Waals surface area contributed by atoms with E-state index in [0.29, 0.717) is 11.2 Å². The lowest BCUT2D eigenvalue weighted by atomic mass is 10.1. The molecule has 7 heteroatoms. The summed E-state index contributed by atoms with van der Waals surface area (Å²) < 4.78 is 7.16. The minimum Gasteiger partial charge on any atom is -0.388 e. The first kappa shape index (κ1) is 11.5. The molecule has 7 nitrogen and oxygen atoms in total. The van der Waals surface area contributed by atoms with Gasteiger partial charge in [-0.3, -0.25) is 4.57 Å². The van der Waals surface area contributed by atoms with Crippen LogP contribution in [0.5, 0.6) is 0 Å². The fourth-order valence-corrected chi connectivity index (χ4v) is 2.28. The molecule has 2 N–H and O–H groups in total. The van der Waals surface area contributed by atoms with E-state index in [4.69, 9.17) is 4.74 Å². The van der Waals surface area contributed by atoms with Crippen LogP contribution in [-0.4, -0.2) is 48.5 Å². The summed E-state index contributed by atoms with van der Waals surface area (Å²) in [6.45, 7) is 3.62. The molecule has 0 radical (unpaired) electrons. The Labute approximate surface area is 103 Å². The monoisotopic (exact) mass is 250 g/mol. The van der Waals surface area contributed by atoms with E-state index < -0.39 is 17.9 Å². The van der Waals surface area contributed by atoms with E-state index in [0.717, 1.165) is 5.69 Å². The van der Waals surface area contributed by atoms with E-state index in [9.17, 15) is 10.2 Å². The van der Waals surface area contributed by atoms with Gasteiger partial charge in [0, 0.05) is 0 Å². The fraction of sp³-hybridized carbons (Fsp3) is 0.545. The average molecular weight is 250 g/mol. The summed E-state index contributed by atoms with van der Waals surface area (Å²) in [5.74, 6) is 0. The molecule has 1 aliphatic heterocycles. The third kappa shape index (κ3) is 1.38. The van der Waals surface area contributed by atoms with Crippen molar-refractivity contribution in [3.63, 3.8) is 0 Å². The first-order valence-corrected chi connectivity index (χ1v) is 5.69. The molecule has 1 aliphatic rings. The van der Waals surface area contributed by atoms with Gasteiger partial charge in [0.05, 0.1) is 18.6 Å². The summed E-state index contributed by atoms with van der Waals surface area (Å²) in [6.07, 6.45) is 1.06. The Morgan fingerprint density at radius 2 is 2.17 bits per heavy atom. The van der Waals surface area contributed by atoms with Crippen LogP contribution in [-0.2, 0) is 10.5 Å². The Morgan fingerprint density at radius 1 is 1.39 bits per heavy atom. The number of imidazole rings is 1. The number of ether oxygens (including phenoxy) is 1. The fourth-order valence-electron chi connectivity index (χ4n) is 2.28. The number of aliphatic hydroxyl groups is 2. The van der Waals surface area contributed by atoms with Crippen LogP contribution < -0.4 is 0 Å². The highest BCUT2D eigenvalue weighted by Gasteiger charge is 2.47. The summed E-state index contributed by atoms with van der Waals surface area (Å²) in [7, 11) is 0. The van der Waals surface area contributed by atoms with E-state index in [1.807, 2.05) is 6.92 Å². The van der Waals surface area contributed by atoms with Gasteiger partial charge in [-0.25, -0.2) is 15.0 Å². The highest BCUT2D eigenvalue weighted by molar-refractivity contribution is 5.73. The molecule has 2 aromatic rings. The summed E-state index contributed by atoms with van der Waals surface area (Å²) in [4.78, 5) is 12.5. The smallest absolute Gasteiger partial charge is 0.173 e. The van der Waals surface area contributed by atoms with Gasteiger partial charge in [0.2, 0.25) is 0 Å². The Balaban J connectivity index is 2.18. The number of aryl methyl sites for hydroxylation is 1. The van der Waals surface area contributed by atoms with E-state index >= 15 is 0 Å². The maximum atomic E-state index is 10.1. The molecule has 0 bridgehead atoms. The largest absolute Gasteiger partial charge is 0.388 e. The van der Waals surface area contributed by atoms with Crippen LogP contribution in [0.1, 0.15) is 12.6 Å². The van der Waals surface area contributed by atoms with Crippen molar-refractivity contribution in [1.29, 1.82) is 0 Å². The lowest BCUT2D eigenvalue weighted by Gasteiger charge is -2.29. The topological polar surface area (TPSA) is 93.3 Å². The lowest BCUT2D eigenvalue weighted by molar-refractivity contribution is -0.107. The van der Waals surface area contributed by atoms with Crippen molar-refractivity contribution >= 4 is 11.2 Å². The molecule has 3 heterocycles. The molecule has 0 aromatic carbocycles. The maximum absolute atomic E-state index is 10.1. The molecule has 96 valence electrons. The lowest BCUT2D eigenvalue weighted by Crippen LogP contribution is -2.42. The molecule has 3 atom stereocenters. The van der Waals surface area contributed by atoms with Crippen molar-refractivity contribution < 1.29 is 14.9 Å². The van der Waals surface area contributed by atoms with Gasteiger partial charge in [-0.2, -0.15) is 0 Å². The van der Waals surface area contributed by atoms with Gasteiger partial charge in [0.15, 0.2) is 11.4 Å². The molecule has 2 aromatic heterocycles. The van der Waals surface area contributed by atoms with Gasteiger partial charge in [0.25, 0.3) is 0 Å². The zero-order valence-corrected chi connectivity index (χ0v) is 10.1. The zero-order chi connectivity index (χ0) is 12.9. The second-order valence-corrected chi connectivity index (χ2v) is 4.62. The predicted molar refractivity (Wildman–Crippen MR) is 61.7 cm³/mol. The minimum atomic E-state index is -1.06. The Kier molecular flexibility index (Phi) is 2.37. The van der Waals surface area contributed by atoms with E-state index in [1.54, 1.807) is 17.8 Å². The third-order valence-electron chi connectivity index (χ3n) is 3.45.